The average Bonchev–Trinajstić information content (AvgIpc) is 1.30. The Labute approximate surface area is 238 Å². The standard InChI is InChI=1S/C2H5O4Si.3Cs/c1-2-6-7(3,4)5;;;/h2H2,1H3;;;/q-3;3*+1. The molecule has 0 spiro atoms. The first-order valence-electron chi connectivity index (χ1n) is 1.81. The van der Waals surface area contributed by atoms with Gasteiger partial charge in [0.05, 0.1) is 0 Å². The predicted molar refractivity (Wildman–Crippen MR) is 17.4 cm³/mol. The minimum absolute atomic E-state index is 0. The van der Waals surface area contributed by atoms with Crippen LogP contribution in [0.3, 0.4) is 0 Å². The molecular formula is C2H5Cs3O4Si. The molecule has 0 radical (unpaired) electrons. The molecule has 0 aromatic heterocycles. The molecule has 0 rings (SSSR count). The molecule has 0 aromatic carbocycles. The molecule has 44 valence electrons. The van der Waals surface area contributed by atoms with Gasteiger partial charge < -0.3 is 18.8 Å². The Hall–Kier alpha value is 6.21. The fraction of sp³-hybridized carbons (Fsp3) is 1.00. The average molecular weight is 520 g/mol. The van der Waals surface area contributed by atoms with Gasteiger partial charge in [-0.15, -0.1) is 9.05 Å². The Morgan fingerprint density at radius 2 is 1.40 bits per heavy atom. The van der Waals surface area contributed by atoms with Gasteiger partial charge in [-0.2, -0.15) is 0 Å². The SMILES string of the molecule is CCO[Si]([O-])([O-])[O-].[Cs+].[Cs+].[Cs+]. The quantitative estimate of drug-likeness (QED) is 0.340. The van der Waals surface area contributed by atoms with Crippen LogP contribution in [0.2, 0.25) is 0 Å². The summed E-state index contributed by atoms with van der Waals surface area (Å²) in [6, 6.07) is 0. The molecule has 10 heavy (non-hydrogen) atoms. The monoisotopic (exact) mass is 520 g/mol. The zero-order chi connectivity index (χ0) is 5.91. The van der Waals surface area contributed by atoms with Gasteiger partial charge in [0, 0.05) is 6.61 Å². The van der Waals surface area contributed by atoms with Crippen LogP contribution in [0.15, 0.2) is 0 Å². The van der Waals surface area contributed by atoms with Gasteiger partial charge >= 0.3 is 207 Å². The maximum atomic E-state index is 9.51. The van der Waals surface area contributed by atoms with Crippen LogP contribution in [0, 0.1) is 0 Å². The molecule has 0 amide bonds. The van der Waals surface area contributed by atoms with E-state index in [-0.39, 0.29) is 213 Å². The van der Waals surface area contributed by atoms with Crippen molar-refractivity contribution in [2.24, 2.45) is 0 Å². The van der Waals surface area contributed by atoms with E-state index in [9.17, 15) is 14.4 Å². The summed E-state index contributed by atoms with van der Waals surface area (Å²) in [6.45, 7) is 1.37. The maximum absolute atomic E-state index is 9.51. The van der Waals surface area contributed by atoms with Gasteiger partial charge in [-0.3, -0.25) is 0 Å². The van der Waals surface area contributed by atoms with Crippen LogP contribution in [0.4, 0.5) is 0 Å². The van der Waals surface area contributed by atoms with Crippen molar-refractivity contribution in [3.63, 3.8) is 0 Å². The Kier molecular flexibility index (Phi) is 38.3. The van der Waals surface area contributed by atoms with Crippen LogP contribution in [0.25, 0.3) is 0 Å². The molecule has 0 aliphatic heterocycles. The van der Waals surface area contributed by atoms with E-state index >= 15 is 0 Å². The second kappa shape index (κ2) is 15.2. The van der Waals surface area contributed by atoms with E-state index in [4.69, 9.17) is 0 Å². The summed E-state index contributed by atoms with van der Waals surface area (Å²) in [6.07, 6.45) is 0. The van der Waals surface area contributed by atoms with Crippen LogP contribution in [-0.2, 0) is 4.43 Å². The van der Waals surface area contributed by atoms with Crippen LogP contribution >= 0.6 is 0 Å². The second-order valence-electron chi connectivity index (χ2n) is 0.933. The molecule has 0 atom stereocenters. The molecule has 0 fully saturated rings. The van der Waals surface area contributed by atoms with Crippen LogP contribution in [-0.4, -0.2) is 15.7 Å². The van der Waals surface area contributed by atoms with Gasteiger partial charge in [0.25, 0.3) is 0 Å². The van der Waals surface area contributed by atoms with Gasteiger partial charge in [0.2, 0.25) is 0 Å². The number of hydrogen-bond acceptors (Lipinski definition) is 4. The van der Waals surface area contributed by atoms with Crippen LogP contribution < -0.4 is 221 Å². The molecule has 0 unspecified atom stereocenters. The smallest absolute Gasteiger partial charge is 0.861 e. The fourth-order valence-electron chi connectivity index (χ4n) is 0.177. The van der Waals surface area contributed by atoms with Gasteiger partial charge in [-0.05, 0) is 6.92 Å². The summed E-state index contributed by atoms with van der Waals surface area (Å²) < 4.78 is 3.70. The van der Waals surface area contributed by atoms with E-state index in [0.29, 0.717) is 0 Å². The third-order valence-corrected chi connectivity index (χ3v) is 0.963. The molecule has 8 heteroatoms. The molecule has 0 aliphatic rings. The zero-order valence-electron chi connectivity index (χ0n) is 6.84. The Morgan fingerprint density at radius 3 is 1.40 bits per heavy atom. The third-order valence-electron chi connectivity index (χ3n) is 0.321. The van der Waals surface area contributed by atoms with Crippen LogP contribution in [0.1, 0.15) is 6.92 Å². The molecular weight excluding hydrogens is 515 g/mol. The Bertz CT molecular complexity index is 57.0. The Morgan fingerprint density at radius 1 is 1.10 bits per heavy atom. The summed E-state index contributed by atoms with van der Waals surface area (Å²) in [5.74, 6) is 0. The number of rotatable bonds is 2. The molecule has 0 saturated carbocycles. The molecule has 0 aliphatic carbocycles. The molecule has 0 saturated heterocycles. The summed E-state index contributed by atoms with van der Waals surface area (Å²) in [7, 11) is -4.91. The summed E-state index contributed by atoms with van der Waals surface area (Å²) in [5, 5.41) is 0. The van der Waals surface area contributed by atoms with Gasteiger partial charge in [0.15, 0.2) is 0 Å². The van der Waals surface area contributed by atoms with Gasteiger partial charge in [-0.25, -0.2) is 0 Å². The predicted octanol–water partition coefficient (Wildman–Crippen LogP) is -12.4. The fourth-order valence-corrected chi connectivity index (χ4v) is 0.530. The van der Waals surface area contributed by atoms with Crippen molar-refractivity contribution >= 4 is 9.05 Å². The summed E-state index contributed by atoms with van der Waals surface area (Å²) >= 11 is 0. The molecule has 0 heterocycles. The van der Waals surface area contributed by atoms with E-state index in [1.54, 1.807) is 0 Å². The normalized spacial score (nSPS) is 8.40. The molecule has 0 bridgehead atoms. The second-order valence-corrected chi connectivity index (χ2v) is 2.22. The molecule has 0 aromatic rings. The zero-order valence-corrected chi connectivity index (χ0v) is 26.7. The van der Waals surface area contributed by atoms with Crippen molar-refractivity contribution in [2.45, 2.75) is 6.92 Å². The van der Waals surface area contributed by atoms with E-state index < -0.39 is 9.05 Å². The largest absolute Gasteiger partial charge is 1.00 e. The van der Waals surface area contributed by atoms with E-state index in [0.717, 1.165) is 0 Å². The van der Waals surface area contributed by atoms with Crippen molar-refractivity contribution in [1.29, 1.82) is 0 Å². The molecule has 0 N–H and O–H groups in total. The van der Waals surface area contributed by atoms with Gasteiger partial charge in [0.1, 0.15) is 0 Å². The molecule has 4 nitrogen and oxygen atoms in total. The first kappa shape index (κ1) is 25.2. The summed E-state index contributed by atoms with van der Waals surface area (Å²) in [5.41, 5.74) is 0. The minimum Gasteiger partial charge on any atom is -0.861 e. The maximum Gasteiger partial charge on any atom is 1.00 e. The van der Waals surface area contributed by atoms with Crippen molar-refractivity contribution < 1.29 is 225 Å². The topological polar surface area (TPSA) is 78.4 Å². The third kappa shape index (κ3) is 23.8. The van der Waals surface area contributed by atoms with E-state index in [1.807, 2.05) is 0 Å². The summed E-state index contributed by atoms with van der Waals surface area (Å²) in [4.78, 5) is 28.5. The minimum atomic E-state index is -4.91. The van der Waals surface area contributed by atoms with Crippen LogP contribution in [0.5, 0.6) is 0 Å². The van der Waals surface area contributed by atoms with Gasteiger partial charge in [-0.1, -0.05) is 0 Å². The van der Waals surface area contributed by atoms with Crippen molar-refractivity contribution in [3.05, 3.63) is 0 Å². The van der Waals surface area contributed by atoms with Crippen molar-refractivity contribution in [3.8, 4) is 0 Å². The first-order chi connectivity index (χ1) is 3.06. The van der Waals surface area contributed by atoms with Crippen molar-refractivity contribution in [1.82, 2.24) is 0 Å². The first-order valence-corrected chi connectivity index (χ1v) is 3.45. The van der Waals surface area contributed by atoms with E-state index in [1.165, 1.54) is 6.92 Å². The van der Waals surface area contributed by atoms with E-state index in [2.05, 4.69) is 4.43 Å². The van der Waals surface area contributed by atoms with Crippen molar-refractivity contribution in [2.75, 3.05) is 6.61 Å². The Balaban J connectivity index is -0.0000000600. The number of hydrogen-bond donors (Lipinski definition) is 0.